The summed E-state index contributed by atoms with van der Waals surface area (Å²) in [5, 5.41) is 0. The summed E-state index contributed by atoms with van der Waals surface area (Å²) in [6.45, 7) is 6.55. The molecule has 0 bridgehead atoms. The molecule has 3 nitrogen and oxygen atoms in total. The molecule has 0 aliphatic carbocycles. The van der Waals surface area contributed by atoms with E-state index < -0.39 is 0 Å². The Labute approximate surface area is 114 Å². The third-order valence-electron chi connectivity index (χ3n) is 3.45. The molecule has 4 heteroatoms. The molecule has 1 amide bonds. The Morgan fingerprint density at radius 1 is 1.22 bits per heavy atom. The van der Waals surface area contributed by atoms with Gasteiger partial charge in [0.2, 0.25) is 0 Å². The Morgan fingerprint density at radius 2 is 1.89 bits per heavy atom. The number of benzene rings is 1. The molecule has 2 rings (SSSR count). The molecule has 0 spiro atoms. The Bertz CT molecular complexity index is 414. The van der Waals surface area contributed by atoms with Gasteiger partial charge in [-0.05, 0) is 18.6 Å². The number of thiol groups is 1. The van der Waals surface area contributed by atoms with Gasteiger partial charge in [0.15, 0.2) is 0 Å². The minimum atomic E-state index is 0.165. The standard InChI is InChI=1S/C14H20N2OS/c1-12-4-2-3-5-13(12)14(17)16-8-6-15(7-9-16)10-11-18/h2-5,18H,6-11H2,1H3. The molecule has 1 aliphatic heterocycles. The van der Waals surface area contributed by atoms with Crippen molar-refractivity contribution in [2.24, 2.45) is 0 Å². The van der Waals surface area contributed by atoms with E-state index in [1.807, 2.05) is 36.1 Å². The van der Waals surface area contributed by atoms with Crippen LogP contribution in [-0.2, 0) is 0 Å². The minimum Gasteiger partial charge on any atom is -0.336 e. The molecule has 0 saturated carbocycles. The van der Waals surface area contributed by atoms with Crippen LogP contribution in [0.5, 0.6) is 0 Å². The number of hydrogen-bond acceptors (Lipinski definition) is 3. The molecule has 0 N–H and O–H groups in total. The lowest BCUT2D eigenvalue weighted by molar-refractivity contribution is 0.0644. The third-order valence-corrected chi connectivity index (χ3v) is 3.65. The lowest BCUT2D eigenvalue weighted by Crippen LogP contribution is -2.49. The Balaban J connectivity index is 1.98. The first-order chi connectivity index (χ1) is 8.72. The molecule has 1 aromatic rings. The van der Waals surface area contributed by atoms with Crippen LogP contribution >= 0.6 is 12.6 Å². The fourth-order valence-corrected chi connectivity index (χ4v) is 2.58. The molecule has 98 valence electrons. The van der Waals surface area contributed by atoms with Crippen molar-refractivity contribution in [2.45, 2.75) is 6.92 Å². The SMILES string of the molecule is Cc1ccccc1C(=O)N1CCN(CCS)CC1. The van der Waals surface area contributed by atoms with Crippen LogP contribution in [0.1, 0.15) is 15.9 Å². The first-order valence-corrected chi connectivity index (χ1v) is 7.03. The number of rotatable bonds is 3. The topological polar surface area (TPSA) is 23.6 Å². The maximum Gasteiger partial charge on any atom is 0.254 e. The van der Waals surface area contributed by atoms with Crippen LogP contribution in [0.3, 0.4) is 0 Å². The van der Waals surface area contributed by atoms with Crippen LogP contribution in [0.25, 0.3) is 0 Å². The van der Waals surface area contributed by atoms with E-state index >= 15 is 0 Å². The molecule has 1 aliphatic rings. The van der Waals surface area contributed by atoms with Crippen LogP contribution < -0.4 is 0 Å². The van der Waals surface area contributed by atoms with E-state index in [2.05, 4.69) is 17.5 Å². The fraction of sp³-hybridized carbons (Fsp3) is 0.500. The third kappa shape index (κ3) is 3.06. The first-order valence-electron chi connectivity index (χ1n) is 6.40. The van der Waals surface area contributed by atoms with E-state index in [4.69, 9.17) is 0 Å². The van der Waals surface area contributed by atoms with E-state index in [0.717, 1.165) is 49.6 Å². The number of amides is 1. The highest BCUT2D eigenvalue weighted by atomic mass is 32.1. The summed E-state index contributed by atoms with van der Waals surface area (Å²) >= 11 is 4.24. The van der Waals surface area contributed by atoms with Gasteiger partial charge in [0.25, 0.3) is 5.91 Å². The van der Waals surface area contributed by atoms with Crippen LogP contribution in [0.15, 0.2) is 24.3 Å². The van der Waals surface area contributed by atoms with Gasteiger partial charge in [0.05, 0.1) is 0 Å². The molecule has 0 aromatic heterocycles. The average Bonchev–Trinajstić information content (AvgIpc) is 2.40. The number of carbonyl (C=O) groups is 1. The van der Waals surface area contributed by atoms with Crippen molar-refractivity contribution in [3.63, 3.8) is 0 Å². The zero-order valence-corrected chi connectivity index (χ0v) is 11.7. The van der Waals surface area contributed by atoms with Crippen molar-refractivity contribution in [3.8, 4) is 0 Å². The maximum atomic E-state index is 12.4. The molecular weight excluding hydrogens is 244 g/mol. The van der Waals surface area contributed by atoms with Gasteiger partial charge in [-0.3, -0.25) is 9.69 Å². The maximum absolute atomic E-state index is 12.4. The van der Waals surface area contributed by atoms with Crippen molar-refractivity contribution >= 4 is 18.5 Å². The quantitative estimate of drug-likeness (QED) is 0.840. The second kappa shape index (κ2) is 6.25. The first kappa shape index (κ1) is 13.4. The van der Waals surface area contributed by atoms with Gasteiger partial charge in [-0.25, -0.2) is 0 Å². The molecule has 1 fully saturated rings. The molecule has 18 heavy (non-hydrogen) atoms. The molecule has 0 unspecified atom stereocenters. The van der Waals surface area contributed by atoms with Gasteiger partial charge in [-0.1, -0.05) is 18.2 Å². The summed E-state index contributed by atoms with van der Waals surface area (Å²) in [5.74, 6) is 1.05. The second-order valence-corrected chi connectivity index (χ2v) is 5.12. The monoisotopic (exact) mass is 264 g/mol. The number of hydrogen-bond donors (Lipinski definition) is 1. The van der Waals surface area contributed by atoms with E-state index in [1.165, 1.54) is 0 Å². The summed E-state index contributed by atoms with van der Waals surface area (Å²) in [6, 6.07) is 7.80. The lowest BCUT2D eigenvalue weighted by atomic mass is 10.1. The summed E-state index contributed by atoms with van der Waals surface area (Å²) < 4.78 is 0. The molecule has 1 aromatic carbocycles. The van der Waals surface area contributed by atoms with Gasteiger partial charge >= 0.3 is 0 Å². The molecule has 1 saturated heterocycles. The van der Waals surface area contributed by atoms with Gasteiger partial charge in [0, 0.05) is 44.0 Å². The highest BCUT2D eigenvalue weighted by Gasteiger charge is 2.22. The van der Waals surface area contributed by atoms with Crippen LogP contribution in [0.2, 0.25) is 0 Å². The van der Waals surface area contributed by atoms with E-state index in [-0.39, 0.29) is 5.91 Å². The number of carbonyl (C=O) groups excluding carboxylic acids is 1. The van der Waals surface area contributed by atoms with Crippen molar-refractivity contribution in [3.05, 3.63) is 35.4 Å². The highest BCUT2D eigenvalue weighted by Crippen LogP contribution is 2.12. The Morgan fingerprint density at radius 3 is 2.50 bits per heavy atom. The molecular formula is C14H20N2OS. The van der Waals surface area contributed by atoms with Crippen LogP contribution in [0, 0.1) is 6.92 Å². The van der Waals surface area contributed by atoms with Crippen molar-refractivity contribution in [1.29, 1.82) is 0 Å². The zero-order valence-electron chi connectivity index (χ0n) is 10.8. The minimum absolute atomic E-state index is 0.165. The normalized spacial score (nSPS) is 16.9. The van der Waals surface area contributed by atoms with E-state index in [0.29, 0.717) is 0 Å². The zero-order chi connectivity index (χ0) is 13.0. The van der Waals surface area contributed by atoms with Crippen LogP contribution in [-0.4, -0.2) is 54.2 Å². The van der Waals surface area contributed by atoms with E-state index in [9.17, 15) is 4.79 Å². The Hall–Kier alpha value is -1.00. The van der Waals surface area contributed by atoms with Crippen LogP contribution in [0.4, 0.5) is 0 Å². The van der Waals surface area contributed by atoms with Crippen molar-refractivity contribution in [1.82, 2.24) is 9.80 Å². The largest absolute Gasteiger partial charge is 0.336 e. The van der Waals surface area contributed by atoms with Crippen molar-refractivity contribution in [2.75, 3.05) is 38.5 Å². The van der Waals surface area contributed by atoms with Gasteiger partial charge in [-0.15, -0.1) is 0 Å². The van der Waals surface area contributed by atoms with Gasteiger partial charge in [-0.2, -0.15) is 12.6 Å². The number of nitrogens with zero attached hydrogens (tertiary/aromatic N) is 2. The molecule has 0 atom stereocenters. The smallest absolute Gasteiger partial charge is 0.254 e. The summed E-state index contributed by atoms with van der Waals surface area (Å²) in [6.07, 6.45) is 0. The Kier molecular flexibility index (Phi) is 4.66. The predicted octanol–water partition coefficient (Wildman–Crippen LogP) is 1.68. The summed E-state index contributed by atoms with van der Waals surface area (Å²) in [7, 11) is 0. The van der Waals surface area contributed by atoms with Crippen molar-refractivity contribution < 1.29 is 4.79 Å². The van der Waals surface area contributed by atoms with Gasteiger partial charge in [0.1, 0.15) is 0 Å². The second-order valence-electron chi connectivity index (χ2n) is 4.67. The fourth-order valence-electron chi connectivity index (χ4n) is 2.30. The lowest BCUT2D eigenvalue weighted by Gasteiger charge is -2.34. The predicted molar refractivity (Wildman–Crippen MR) is 77.4 cm³/mol. The molecule has 1 heterocycles. The summed E-state index contributed by atoms with van der Waals surface area (Å²) in [5.41, 5.74) is 1.89. The summed E-state index contributed by atoms with van der Waals surface area (Å²) in [4.78, 5) is 16.7. The highest BCUT2D eigenvalue weighted by molar-refractivity contribution is 7.80. The number of aryl methyl sites for hydroxylation is 1. The number of piperazine rings is 1. The average molecular weight is 264 g/mol. The van der Waals surface area contributed by atoms with E-state index in [1.54, 1.807) is 0 Å². The molecule has 0 radical (unpaired) electrons. The van der Waals surface area contributed by atoms with Gasteiger partial charge < -0.3 is 4.90 Å².